The average Bonchev–Trinajstić information content (AvgIpc) is 2.71. The molecular weight excluding hydrogens is 438 g/mol. The molecule has 0 aromatic heterocycles. The summed E-state index contributed by atoms with van der Waals surface area (Å²) in [4.78, 5) is 11.7. The zero-order chi connectivity index (χ0) is 23.2. The lowest BCUT2D eigenvalue weighted by Crippen LogP contribution is -2.30. The molecule has 0 heterocycles. The Bertz CT molecular complexity index is 418. The molecule has 0 aliphatic heterocycles. The summed E-state index contributed by atoms with van der Waals surface area (Å²) >= 11 is 0. The van der Waals surface area contributed by atoms with E-state index in [-0.39, 0.29) is 4.75 Å². The van der Waals surface area contributed by atoms with Crippen LogP contribution in [0.5, 0.6) is 0 Å². The van der Waals surface area contributed by atoms with Gasteiger partial charge in [0.25, 0.3) is 0 Å². The Labute approximate surface area is 197 Å². The zero-order valence-electron chi connectivity index (χ0n) is 20.1. The van der Waals surface area contributed by atoms with Crippen LogP contribution in [0, 0.1) is 0 Å². The minimum absolute atomic E-state index is 0.00817. The average molecular weight is 484 g/mol. The summed E-state index contributed by atoms with van der Waals surface area (Å²) < 4.78 is 21.8. The third-order valence-electron chi connectivity index (χ3n) is 4.01. The van der Waals surface area contributed by atoms with Gasteiger partial charge in [0, 0.05) is 30.5 Å². The fraction of sp³-hybridized carbons (Fsp3) is 0.952. The molecule has 0 unspecified atom stereocenters. The van der Waals surface area contributed by atoms with Crippen LogP contribution in [-0.4, -0.2) is 89.1 Å². The molecule has 0 rings (SSSR count). The minimum atomic E-state index is -0.405. The molecule has 8 nitrogen and oxygen atoms in total. The number of hydrogen-bond acceptors (Lipinski definition) is 9. The standard InChI is InChI=1S/C21H45N3O5S2/c1-19(2)23-10-14-26-16-17-27-15-11-24-20(25)29-13-8-21(3,4)31-30-18-28-12-7-6-9-22-5/h19,22-23H,6-18H2,1-5H3,(H,24,25). The molecular formula is C21H45N3O5S2. The van der Waals surface area contributed by atoms with Gasteiger partial charge in [-0.25, -0.2) is 4.79 Å². The van der Waals surface area contributed by atoms with Crippen LogP contribution < -0.4 is 16.0 Å². The molecule has 1 amide bonds. The molecule has 0 aromatic rings. The number of alkyl carbamates (subject to hydrolysis) is 1. The highest BCUT2D eigenvalue weighted by molar-refractivity contribution is 8.77. The van der Waals surface area contributed by atoms with E-state index in [4.69, 9.17) is 18.9 Å². The first-order valence-electron chi connectivity index (χ1n) is 11.2. The van der Waals surface area contributed by atoms with E-state index in [2.05, 4.69) is 43.6 Å². The Morgan fingerprint density at radius 2 is 1.61 bits per heavy atom. The summed E-state index contributed by atoms with van der Waals surface area (Å²) in [5.74, 6) is 0.675. The van der Waals surface area contributed by atoms with Crippen molar-refractivity contribution >= 4 is 27.7 Å². The molecule has 0 fully saturated rings. The van der Waals surface area contributed by atoms with Crippen LogP contribution in [-0.2, 0) is 18.9 Å². The van der Waals surface area contributed by atoms with Crippen molar-refractivity contribution < 1.29 is 23.7 Å². The quantitative estimate of drug-likeness (QED) is 0.122. The first-order valence-corrected chi connectivity index (χ1v) is 13.5. The first kappa shape index (κ1) is 30.8. The van der Waals surface area contributed by atoms with Gasteiger partial charge in [-0.05, 0) is 46.7 Å². The molecule has 0 atom stereocenters. The summed E-state index contributed by atoms with van der Waals surface area (Å²) in [5, 5.41) is 9.11. The second kappa shape index (κ2) is 21.6. The number of rotatable bonds is 22. The lowest BCUT2D eigenvalue weighted by atomic mass is 10.1. The molecule has 0 aliphatic carbocycles. The summed E-state index contributed by atoms with van der Waals surface area (Å²) in [5.41, 5.74) is 0. The lowest BCUT2D eigenvalue weighted by Gasteiger charge is -2.22. The van der Waals surface area contributed by atoms with E-state index in [1.54, 1.807) is 21.6 Å². The van der Waals surface area contributed by atoms with E-state index >= 15 is 0 Å². The van der Waals surface area contributed by atoms with Gasteiger partial charge in [0.05, 0.1) is 33.0 Å². The van der Waals surface area contributed by atoms with E-state index in [0.717, 1.165) is 39.0 Å². The molecule has 0 radical (unpaired) electrons. The highest BCUT2D eigenvalue weighted by Crippen LogP contribution is 2.37. The molecule has 0 saturated heterocycles. The summed E-state index contributed by atoms with van der Waals surface area (Å²) in [6.07, 6.45) is 2.58. The minimum Gasteiger partial charge on any atom is -0.450 e. The van der Waals surface area contributed by atoms with Crippen LogP contribution >= 0.6 is 21.6 Å². The van der Waals surface area contributed by atoms with Crippen LogP contribution in [0.2, 0.25) is 0 Å². The molecule has 0 bridgehead atoms. The van der Waals surface area contributed by atoms with Gasteiger partial charge in [-0.15, -0.1) is 0 Å². The summed E-state index contributed by atoms with van der Waals surface area (Å²) in [7, 11) is 5.43. The maximum atomic E-state index is 11.7. The van der Waals surface area contributed by atoms with E-state index in [0.29, 0.717) is 51.6 Å². The number of ether oxygens (including phenoxy) is 4. The van der Waals surface area contributed by atoms with Gasteiger partial charge in [0.1, 0.15) is 5.94 Å². The van der Waals surface area contributed by atoms with Crippen molar-refractivity contribution in [1.82, 2.24) is 16.0 Å². The van der Waals surface area contributed by atoms with E-state index in [1.165, 1.54) is 0 Å². The van der Waals surface area contributed by atoms with Crippen molar-refractivity contribution in [3.05, 3.63) is 0 Å². The Balaban J connectivity index is 3.46. The van der Waals surface area contributed by atoms with Crippen molar-refractivity contribution in [3.63, 3.8) is 0 Å². The van der Waals surface area contributed by atoms with Gasteiger partial charge in [-0.2, -0.15) is 0 Å². The molecule has 186 valence electrons. The highest BCUT2D eigenvalue weighted by Gasteiger charge is 2.19. The zero-order valence-corrected chi connectivity index (χ0v) is 21.8. The summed E-state index contributed by atoms with van der Waals surface area (Å²) in [6, 6.07) is 0.470. The normalized spacial score (nSPS) is 11.8. The number of hydrogen-bond donors (Lipinski definition) is 3. The molecule has 10 heteroatoms. The van der Waals surface area contributed by atoms with Crippen LogP contribution in [0.3, 0.4) is 0 Å². The van der Waals surface area contributed by atoms with E-state index < -0.39 is 6.09 Å². The Morgan fingerprint density at radius 3 is 2.29 bits per heavy atom. The van der Waals surface area contributed by atoms with Crippen molar-refractivity contribution in [2.45, 2.75) is 57.7 Å². The molecule has 0 aromatic carbocycles. The molecule has 0 saturated carbocycles. The van der Waals surface area contributed by atoms with Crippen LogP contribution in [0.4, 0.5) is 4.79 Å². The van der Waals surface area contributed by atoms with Gasteiger partial charge in [0.15, 0.2) is 0 Å². The maximum absolute atomic E-state index is 11.7. The third kappa shape index (κ3) is 24.2. The Kier molecular flexibility index (Phi) is 21.4. The number of amides is 1. The van der Waals surface area contributed by atoms with Crippen LogP contribution in [0.1, 0.15) is 47.0 Å². The monoisotopic (exact) mass is 483 g/mol. The van der Waals surface area contributed by atoms with Gasteiger partial charge in [0.2, 0.25) is 0 Å². The molecule has 31 heavy (non-hydrogen) atoms. The number of nitrogens with one attached hydrogen (secondary N) is 3. The van der Waals surface area contributed by atoms with Crippen molar-refractivity contribution in [1.29, 1.82) is 0 Å². The predicted molar refractivity (Wildman–Crippen MR) is 132 cm³/mol. The van der Waals surface area contributed by atoms with E-state index in [9.17, 15) is 4.79 Å². The fourth-order valence-corrected chi connectivity index (χ4v) is 4.51. The largest absolute Gasteiger partial charge is 0.450 e. The second-order valence-electron chi connectivity index (χ2n) is 7.94. The highest BCUT2D eigenvalue weighted by atomic mass is 33.1. The van der Waals surface area contributed by atoms with Crippen molar-refractivity contribution in [2.24, 2.45) is 0 Å². The van der Waals surface area contributed by atoms with Crippen molar-refractivity contribution in [3.8, 4) is 0 Å². The fourth-order valence-electron chi connectivity index (χ4n) is 2.23. The Morgan fingerprint density at radius 1 is 0.903 bits per heavy atom. The van der Waals surface area contributed by atoms with Gasteiger partial charge < -0.3 is 34.9 Å². The van der Waals surface area contributed by atoms with Crippen LogP contribution in [0.25, 0.3) is 0 Å². The van der Waals surface area contributed by atoms with Crippen molar-refractivity contribution in [2.75, 3.05) is 72.3 Å². The number of carbonyl (C=O) groups is 1. The van der Waals surface area contributed by atoms with Crippen LogP contribution in [0.15, 0.2) is 0 Å². The third-order valence-corrected chi connectivity index (χ3v) is 7.04. The number of carbonyl (C=O) groups excluding carboxylic acids is 1. The first-order chi connectivity index (χ1) is 14.9. The lowest BCUT2D eigenvalue weighted by molar-refractivity contribution is 0.0489. The molecule has 3 N–H and O–H groups in total. The SMILES string of the molecule is CNCCCCOCSSC(C)(C)CCOC(=O)NCCOCCOCCNC(C)C. The second-order valence-corrected chi connectivity index (χ2v) is 10.9. The molecule has 0 aliphatic rings. The maximum Gasteiger partial charge on any atom is 0.407 e. The van der Waals surface area contributed by atoms with E-state index in [1.807, 2.05) is 7.05 Å². The van der Waals surface area contributed by atoms with Gasteiger partial charge in [-0.1, -0.05) is 35.4 Å². The molecule has 0 spiro atoms. The Hall–Kier alpha value is -0.230. The summed E-state index contributed by atoms with van der Waals surface area (Å²) in [6.45, 7) is 14.2. The van der Waals surface area contributed by atoms with Gasteiger partial charge >= 0.3 is 6.09 Å². The smallest absolute Gasteiger partial charge is 0.407 e. The number of unbranched alkanes of at least 4 members (excludes halogenated alkanes) is 1. The predicted octanol–water partition coefficient (Wildman–Crippen LogP) is 3.27. The van der Waals surface area contributed by atoms with Gasteiger partial charge in [-0.3, -0.25) is 0 Å². The topological polar surface area (TPSA) is 90.1 Å².